The monoisotopic (exact) mass is 372 g/mol. The van der Waals surface area contributed by atoms with E-state index in [1.54, 1.807) is 30.3 Å². The molecule has 6 heteroatoms. The summed E-state index contributed by atoms with van der Waals surface area (Å²) in [7, 11) is -3.97. The lowest BCUT2D eigenvalue weighted by molar-refractivity contribution is 0.317. The molecule has 0 aliphatic heterocycles. The molecule has 0 unspecified atom stereocenters. The minimum absolute atomic E-state index is 0.0655. The van der Waals surface area contributed by atoms with Gasteiger partial charge < -0.3 is 9.15 Å². The van der Waals surface area contributed by atoms with E-state index < -0.39 is 15.3 Å². The third-order valence-corrected chi connectivity index (χ3v) is 5.96. The lowest BCUT2D eigenvalue weighted by Crippen LogP contribution is -2.17. The number of fused-ring (bicyclic) bond motifs is 1. The zero-order valence-electron chi connectivity index (χ0n) is 14.9. The Morgan fingerprint density at radius 3 is 2.38 bits per heavy atom. The molecule has 3 rings (SSSR count). The maximum absolute atomic E-state index is 13.0. The molecule has 0 aliphatic carbocycles. The first kappa shape index (κ1) is 18.2. The molecule has 0 saturated heterocycles. The molecule has 0 N–H and O–H groups in total. The fraction of sp³-hybridized carbons (Fsp3) is 0.250. The van der Waals surface area contributed by atoms with Crippen LogP contribution >= 0.6 is 0 Å². The van der Waals surface area contributed by atoms with E-state index in [9.17, 15) is 13.2 Å². The van der Waals surface area contributed by atoms with Crippen LogP contribution in [0.4, 0.5) is 0 Å². The van der Waals surface area contributed by atoms with Crippen LogP contribution in [-0.4, -0.2) is 15.0 Å². The van der Waals surface area contributed by atoms with Crippen LogP contribution in [0, 0.1) is 13.8 Å². The third-order valence-electron chi connectivity index (χ3n) is 4.06. The number of benzene rings is 2. The summed E-state index contributed by atoms with van der Waals surface area (Å²) in [6.07, 6.45) is 0.856. The molecule has 0 atom stereocenters. The van der Waals surface area contributed by atoms with Gasteiger partial charge in [-0.25, -0.2) is 8.42 Å². The average Bonchev–Trinajstić information content (AvgIpc) is 2.59. The summed E-state index contributed by atoms with van der Waals surface area (Å²) < 4.78 is 37.1. The first-order chi connectivity index (χ1) is 12.3. The van der Waals surface area contributed by atoms with E-state index >= 15 is 0 Å². The van der Waals surface area contributed by atoms with E-state index in [0.717, 1.165) is 12.0 Å². The molecule has 0 saturated carbocycles. The van der Waals surface area contributed by atoms with Gasteiger partial charge in [0.05, 0.1) is 16.9 Å². The van der Waals surface area contributed by atoms with Crippen LogP contribution in [0.5, 0.6) is 5.75 Å². The molecule has 0 radical (unpaired) electrons. The van der Waals surface area contributed by atoms with Gasteiger partial charge in [0.15, 0.2) is 4.90 Å². The molecular weight excluding hydrogens is 352 g/mol. The number of aryl methyl sites for hydroxylation is 2. The fourth-order valence-corrected chi connectivity index (χ4v) is 4.23. The Labute approximate surface area is 152 Å². The minimum Gasteiger partial charge on any atom is -0.493 e. The van der Waals surface area contributed by atoms with Crippen LogP contribution < -0.4 is 10.2 Å². The summed E-state index contributed by atoms with van der Waals surface area (Å²) in [6, 6.07) is 11.2. The van der Waals surface area contributed by atoms with Crippen LogP contribution in [0.1, 0.15) is 24.7 Å². The van der Waals surface area contributed by atoms with E-state index in [2.05, 4.69) is 0 Å². The smallest absolute Gasteiger partial charge is 0.213 e. The van der Waals surface area contributed by atoms with Crippen LogP contribution in [0.2, 0.25) is 0 Å². The summed E-state index contributed by atoms with van der Waals surface area (Å²) >= 11 is 0. The van der Waals surface area contributed by atoms with Gasteiger partial charge in [-0.2, -0.15) is 0 Å². The van der Waals surface area contributed by atoms with Crippen molar-refractivity contribution in [2.24, 2.45) is 0 Å². The molecule has 5 nitrogen and oxygen atoms in total. The molecule has 0 fully saturated rings. The molecule has 136 valence electrons. The van der Waals surface area contributed by atoms with Crippen LogP contribution in [0.15, 0.2) is 61.5 Å². The highest BCUT2D eigenvalue weighted by atomic mass is 32.2. The van der Waals surface area contributed by atoms with E-state index in [-0.39, 0.29) is 20.9 Å². The molecular formula is C20H20O5S. The summed E-state index contributed by atoms with van der Waals surface area (Å²) in [5, 5.41) is 0.213. The average molecular weight is 372 g/mol. The lowest BCUT2D eigenvalue weighted by Gasteiger charge is -2.10. The Morgan fingerprint density at radius 2 is 1.73 bits per heavy atom. The lowest BCUT2D eigenvalue weighted by atomic mass is 10.2. The zero-order chi connectivity index (χ0) is 18.9. The number of rotatable bonds is 5. The van der Waals surface area contributed by atoms with Gasteiger partial charge in [0, 0.05) is 6.07 Å². The van der Waals surface area contributed by atoms with Crippen molar-refractivity contribution in [3.05, 3.63) is 64.0 Å². The summed E-state index contributed by atoms with van der Waals surface area (Å²) in [5.41, 5.74) is 0.682. The number of sulfone groups is 1. The molecule has 3 aromatic rings. The van der Waals surface area contributed by atoms with Gasteiger partial charge >= 0.3 is 0 Å². The maximum atomic E-state index is 13.0. The molecule has 0 aliphatic rings. The third kappa shape index (κ3) is 3.24. The number of hydrogen-bond donors (Lipinski definition) is 0. The second-order valence-electron chi connectivity index (χ2n) is 6.14. The highest BCUT2D eigenvalue weighted by Gasteiger charge is 2.26. The van der Waals surface area contributed by atoms with E-state index in [4.69, 9.17) is 9.15 Å². The summed E-state index contributed by atoms with van der Waals surface area (Å²) in [5.74, 6) is 0.645. The van der Waals surface area contributed by atoms with Crippen molar-refractivity contribution in [3.8, 4) is 5.75 Å². The molecule has 0 spiro atoms. The van der Waals surface area contributed by atoms with Crippen molar-refractivity contribution in [2.75, 3.05) is 6.61 Å². The second-order valence-corrected chi connectivity index (χ2v) is 8.03. The topological polar surface area (TPSA) is 73.6 Å². The van der Waals surface area contributed by atoms with Gasteiger partial charge in [-0.3, -0.25) is 4.79 Å². The first-order valence-electron chi connectivity index (χ1n) is 8.36. The standard InChI is InChI=1S/C20H20O5S/c1-4-11-24-15-7-10-17-18(12-15)25-14(3)20(19(17)21)26(22,23)16-8-5-13(2)6-9-16/h5-10,12H,4,11H2,1-3H3. The van der Waals surface area contributed by atoms with Gasteiger partial charge in [-0.05, 0) is 44.5 Å². The van der Waals surface area contributed by atoms with Crippen LogP contribution in [0.3, 0.4) is 0 Å². The summed E-state index contributed by atoms with van der Waals surface area (Å²) in [4.78, 5) is 12.6. The number of ether oxygens (including phenoxy) is 1. The van der Waals surface area contributed by atoms with Gasteiger partial charge in [-0.1, -0.05) is 24.6 Å². The van der Waals surface area contributed by atoms with E-state index in [1.807, 2.05) is 13.8 Å². The van der Waals surface area contributed by atoms with E-state index in [0.29, 0.717) is 17.9 Å². The quantitative estimate of drug-likeness (QED) is 0.676. The minimum atomic E-state index is -3.97. The molecule has 26 heavy (non-hydrogen) atoms. The molecule has 1 heterocycles. The van der Waals surface area contributed by atoms with Crippen molar-refractivity contribution in [3.63, 3.8) is 0 Å². The molecule has 0 amide bonds. The Hall–Kier alpha value is -2.60. The predicted octanol–water partition coefficient (Wildman–Crippen LogP) is 4.03. The van der Waals surface area contributed by atoms with E-state index in [1.165, 1.54) is 19.1 Å². The predicted molar refractivity (Wildman–Crippen MR) is 99.6 cm³/mol. The normalized spacial score (nSPS) is 11.7. The number of hydrogen-bond acceptors (Lipinski definition) is 5. The molecule has 2 aromatic carbocycles. The maximum Gasteiger partial charge on any atom is 0.213 e. The second kappa shape index (κ2) is 6.96. The van der Waals surface area contributed by atoms with Crippen molar-refractivity contribution in [2.45, 2.75) is 37.0 Å². The van der Waals surface area contributed by atoms with Crippen molar-refractivity contribution < 1.29 is 17.6 Å². The highest BCUT2D eigenvalue weighted by Crippen LogP contribution is 2.26. The van der Waals surface area contributed by atoms with Crippen molar-refractivity contribution in [1.29, 1.82) is 0 Å². The van der Waals surface area contributed by atoms with Gasteiger partial charge in [-0.15, -0.1) is 0 Å². The Morgan fingerprint density at radius 1 is 1.04 bits per heavy atom. The van der Waals surface area contributed by atoms with Crippen LogP contribution in [-0.2, 0) is 9.84 Å². The molecule has 1 aromatic heterocycles. The zero-order valence-corrected chi connectivity index (χ0v) is 15.7. The Balaban J connectivity index is 2.18. The van der Waals surface area contributed by atoms with Crippen molar-refractivity contribution in [1.82, 2.24) is 0 Å². The van der Waals surface area contributed by atoms with Gasteiger partial charge in [0.2, 0.25) is 15.3 Å². The highest BCUT2D eigenvalue weighted by molar-refractivity contribution is 7.91. The SMILES string of the molecule is CCCOc1ccc2c(=O)c(S(=O)(=O)c3ccc(C)cc3)c(C)oc2c1. The fourth-order valence-electron chi connectivity index (χ4n) is 2.72. The largest absolute Gasteiger partial charge is 0.493 e. The Bertz CT molecular complexity index is 1110. The Kier molecular flexibility index (Phi) is 4.87. The van der Waals surface area contributed by atoms with Gasteiger partial charge in [0.1, 0.15) is 17.1 Å². The van der Waals surface area contributed by atoms with Crippen LogP contribution in [0.25, 0.3) is 11.0 Å². The first-order valence-corrected chi connectivity index (χ1v) is 9.85. The summed E-state index contributed by atoms with van der Waals surface area (Å²) in [6.45, 7) is 5.90. The molecule has 0 bridgehead atoms. The van der Waals surface area contributed by atoms with Crippen molar-refractivity contribution >= 4 is 20.8 Å². The van der Waals surface area contributed by atoms with Gasteiger partial charge in [0.25, 0.3) is 0 Å².